The van der Waals surface area contributed by atoms with Crippen LogP contribution in [0.2, 0.25) is 0 Å². The second-order valence-corrected chi connectivity index (χ2v) is 8.35. The summed E-state index contributed by atoms with van der Waals surface area (Å²) >= 11 is 0. The zero-order valence-corrected chi connectivity index (χ0v) is 15.6. The number of hydrogen-bond donors (Lipinski definition) is 2. The van der Waals surface area contributed by atoms with Crippen LogP contribution in [0, 0.1) is 17.5 Å². The summed E-state index contributed by atoms with van der Waals surface area (Å²) in [6.07, 6.45) is -1.73. The molecule has 2 aromatic rings. The minimum atomic E-state index is -4.25. The van der Waals surface area contributed by atoms with Gasteiger partial charge in [0.1, 0.15) is 0 Å². The van der Waals surface area contributed by atoms with E-state index < -0.39 is 67.5 Å². The van der Waals surface area contributed by atoms with Gasteiger partial charge >= 0.3 is 160 Å². The van der Waals surface area contributed by atoms with Crippen molar-refractivity contribution in [2.45, 2.75) is 31.5 Å². The van der Waals surface area contributed by atoms with E-state index in [1.54, 1.807) is 0 Å². The summed E-state index contributed by atoms with van der Waals surface area (Å²) in [5, 5.41) is 0. The van der Waals surface area contributed by atoms with E-state index in [0.717, 1.165) is 16.7 Å². The number of ether oxygens (including phenoxy) is 1. The number of H-pyrrole nitrogens is 1. The summed E-state index contributed by atoms with van der Waals surface area (Å²) in [4.78, 5) is 35.3. The molecule has 2 saturated heterocycles. The molecule has 3 atom stereocenters. The average molecular weight is 436 g/mol. The Hall–Kier alpha value is -2.08. The molecule has 4 rings (SSSR count). The third-order valence-electron chi connectivity index (χ3n) is 4.61. The molecular weight excluding hydrogens is 420 g/mol. The number of benzene rings is 1. The number of aromatic nitrogens is 2. The Morgan fingerprint density at radius 3 is 2.66 bits per heavy atom. The third-order valence-corrected chi connectivity index (χ3v) is 6.25. The summed E-state index contributed by atoms with van der Waals surface area (Å²) in [6.45, 7) is -0.794. The number of nitrogens with zero attached hydrogens (tertiary/aromatic N) is 1. The summed E-state index contributed by atoms with van der Waals surface area (Å²) in [7, 11) is -4.25. The fourth-order valence-electron chi connectivity index (χ4n) is 3.14. The van der Waals surface area contributed by atoms with Crippen LogP contribution in [-0.2, 0) is 24.9 Å². The van der Waals surface area contributed by atoms with Gasteiger partial charge in [-0.25, -0.2) is 0 Å². The monoisotopic (exact) mass is 436 g/mol. The second kappa shape index (κ2) is 7.63. The molecule has 158 valence electrons. The van der Waals surface area contributed by atoms with Gasteiger partial charge < -0.3 is 0 Å². The second-order valence-electron chi connectivity index (χ2n) is 6.49. The van der Waals surface area contributed by atoms with Crippen LogP contribution in [0.5, 0.6) is 0 Å². The molecule has 0 unspecified atom stereocenters. The summed E-state index contributed by atoms with van der Waals surface area (Å²) in [6, 6.07) is 3.28. The topological polar surface area (TPSA) is 112 Å². The predicted octanol–water partition coefficient (Wildman–Crippen LogP) is 1.28. The molecular formula is C16H16F3N2O7P. The Labute approximate surface area is 161 Å². The van der Waals surface area contributed by atoms with E-state index in [1.807, 2.05) is 4.98 Å². The van der Waals surface area contributed by atoms with Crippen LogP contribution in [-0.4, -0.2) is 33.3 Å². The molecule has 2 aliphatic heterocycles. The van der Waals surface area contributed by atoms with Crippen molar-refractivity contribution in [2.75, 3.05) is 6.61 Å². The van der Waals surface area contributed by atoms with Crippen LogP contribution in [0.4, 0.5) is 13.2 Å². The van der Waals surface area contributed by atoms with Gasteiger partial charge in [-0.2, -0.15) is 0 Å². The van der Waals surface area contributed by atoms with E-state index in [-0.39, 0.29) is 13.0 Å². The zero-order chi connectivity index (χ0) is 20.8. The van der Waals surface area contributed by atoms with E-state index in [1.165, 1.54) is 6.07 Å². The molecule has 0 bridgehead atoms. The maximum atomic E-state index is 13.7. The number of hydrogen-bond acceptors (Lipinski definition) is 7. The van der Waals surface area contributed by atoms with E-state index in [2.05, 4.69) is 0 Å². The molecule has 13 heteroatoms. The molecule has 2 N–H and O–H groups in total. The molecule has 2 aliphatic rings. The molecule has 1 aromatic heterocycles. The van der Waals surface area contributed by atoms with Gasteiger partial charge in [-0.1, -0.05) is 0 Å². The number of nitrogens with one attached hydrogen (secondary N) is 1. The van der Waals surface area contributed by atoms with E-state index in [4.69, 9.17) is 18.3 Å². The Morgan fingerprint density at radius 2 is 1.93 bits per heavy atom. The number of aromatic amines is 1. The summed E-state index contributed by atoms with van der Waals surface area (Å²) in [5.41, 5.74) is -2.42. The van der Waals surface area contributed by atoms with Gasteiger partial charge in [0.05, 0.1) is 0 Å². The first kappa shape index (κ1) is 20.2. The molecule has 29 heavy (non-hydrogen) atoms. The van der Waals surface area contributed by atoms with Crippen LogP contribution in [0.15, 0.2) is 34.0 Å². The van der Waals surface area contributed by atoms with Crippen molar-refractivity contribution in [2.24, 2.45) is 0 Å². The first-order chi connectivity index (χ1) is 13.8. The first-order valence-electron chi connectivity index (χ1n) is 8.53. The van der Waals surface area contributed by atoms with Gasteiger partial charge in [-0.3, -0.25) is 0 Å². The van der Waals surface area contributed by atoms with Gasteiger partial charge in [0, 0.05) is 0 Å². The van der Waals surface area contributed by atoms with Crippen molar-refractivity contribution in [3.63, 3.8) is 0 Å². The average Bonchev–Trinajstić information content (AvgIpc) is 3.06. The predicted molar refractivity (Wildman–Crippen MR) is 92.3 cm³/mol. The maximum absolute atomic E-state index is 13.7. The van der Waals surface area contributed by atoms with Crippen molar-refractivity contribution in [1.82, 2.24) is 9.55 Å². The molecule has 9 nitrogen and oxygen atoms in total. The van der Waals surface area contributed by atoms with Gasteiger partial charge in [-0.05, 0) is 0 Å². The quantitative estimate of drug-likeness (QED) is 0.695. The van der Waals surface area contributed by atoms with Crippen LogP contribution in [0.3, 0.4) is 0 Å². The fraction of sp³-hybridized carbons (Fsp3) is 0.375. The molecule has 0 aliphatic carbocycles. The molecule has 0 spiro atoms. The minimum absolute atomic E-state index is 0.0200. The van der Waals surface area contributed by atoms with Crippen LogP contribution in [0.25, 0.3) is 0 Å². The zero-order valence-electron chi connectivity index (χ0n) is 14.6. The van der Waals surface area contributed by atoms with Crippen LogP contribution < -0.4 is 11.2 Å². The summed E-state index contributed by atoms with van der Waals surface area (Å²) < 4.78 is 63.2. The van der Waals surface area contributed by atoms with Crippen LogP contribution in [0.1, 0.15) is 18.2 Å². The Balaban J connectivity index is 1.45. The van der Waals surface area contributed by atoms with E-state index in [9.17, 15) is 27.7 Å². The van der Waals surface area contributed by atoms with Gasteiger partial charge in [0.25, 0.3) is 0 Å². The van der Waals surface area contributed by atoms with Crippen molar-refractivity contribution < 1.29 is 36.4 Å². The molecule has 0 amide bonds. The molecule has 0 radical (unpaired) electrons. The van der Waals surface area contributed by atoms with E-state index >= 15 is 0 Å². The van der Waals surface area contributed by atoms with Gasteiger partial charge in [0.15, 0.2) is 0 Å². The Kier molecular flexibility index (Phi) is 5.32. The summed E-state index contributed by atoms with van der Waals surface area (Å²) in [5.74, 6) is -2.86. The van der Waals surface area contributed by atoms with Crippen molar-refractivity contribution in [3.05, 3.63) is 68.2 Å². The Bertz CT molecular complexity index is 1030. The standard InChI is InChI=1S/C16H16F3N2O7P/c17-9-2-1-3-10(18)8(9)6-25-29(24)26-7-13-12(28-29)4-14(27-13)21-5-11(19)15(22)20-16(21)23/h1-3,5,12-14,24,29H,4,6-7H2,(H,20,22,23)/t12-,13+,14+/m0/s1. The fourth-order valence-corrected chi connectivity index (χ4v) is 4.69. The number of halogens is 3. The van der Waals surface area contributed by atoms with Crippen molar-refractivity contribution >= 4 is 8.17 Å². The van der Waals surface area contributed by atoms with Crippen LogP contribution >= 0.6 is 8.17 Å². The molecule has 3 heterocycles. The molecule has 2 fully saturated rings. The Morgan fingerprint density at radius 1 is 1.21 bits per heavy atom. The van der Waals surface area contributed by atoms with Crippen molar-refractivity contribution in [3.8, 4) is 0 Å². The van der Waals surface area contributed by atoms with Gasteiger partial charge in [0.2, 0.25) is 0 Å². The van der Waals surface area contributed by atoms with E-state index in [0.29, 0.717) is 6.20 Å². The van der Waals surface area contributed by atoms with Crippen molar-refractivity contribution in [1.29, 1.82) is 0 Å². The molecule has 1 aromatic carbocycles. The SMILES string of the molecule is O=c1[nH]c(=O)n([C@H]2C[C@@H]3O[PH](O)(OCc4c(F)cccc4F)OC[C@H]3O2)cc1F. The number of rotatable bonds is 4. The third kappa shape index (κ3) is 4.00. The normalized spacial score (nSPS) is 26.8. The number of fused-ring (bicyclic) bond motifs is 1. The van der Waals surface area contributed by atoms with Gasteiger partial charge in [-0.15, -0.1) is 0 Å². The first-order valence-corrected chi connectivity index (χ1v) is 10.2. The molecule has 0 saturated carbocycles.